The fourth-order valence-corrected chi connectivity index (χ4v) is 3.23. The van der Waals surface area contributed by atoms with Gasteiger partial charge in [0.05, 0.1) is 4.92 Å². The molecule has 0 bridgehead atoms. The van der Waals surface area contributed by atoms with Gasteiger partial charge in [0.2, 0.25) is 0 Å². The van der Waals surface area contributed by atoms with Crippen molar-refractivity contribution in [1.82, 2.24) is 10.9 Å². The molecule has 1 spiro atoms. The first kappa shape index (κ1) is 14.2. The molecule has 1 aliphatic carbocycles. The molecule has 1 unspecified atom stereocenters. The van der Waals surface area contributed by atoms with Crippen LogP contribution in [-0.2, 0) is 9.59 Å². The summed E-state index contributed by atoms with van der Waals surface area (Å²) in [5, 5.41) is 10.8. The van der Waals surface area contributed by atoms with Gasteiger partial charge in [-0.25, -0.2) is 0 Å². The molecule has 0 radical (unpaired) electrons. The Hall–Kier alpha value is -2.70. The van der Waals surface area contributed by atoms with Crippen molar-refractivity contribution in [2.24, 2.45) is 5.41 Å². The minimum atomic E-state index is -1.17. The van der Waals surface area contributed by atoms with Crippen LogP contribution in [0.4, 0.5) is 5.69 Å². The average Bonchev–Trinajstić information content (AvgIpc) is 2.78. The van der Waals surface area contributed by atoms with Gasteiger partial charge >= 0.3 is 0 Å². The first-order valence-corrected chi connectivity index (χ1v) is 6.96. The molecule has 1 aromatic rings. The van der Waals surface area contributed by atoms with Crippen molar-refractivity contribution in [2.45, 2.75) is 25.7 Å². The quantitative estimate of drug-likeness (QED) is 0.374. The summed E-state index contributed by atoms with van der Waals surface area (Å²) in [6.07, 6.45) is 2.81. The van der Waals surface area contributed by atoms with Crippen LogP contribution in [0.2, 0.25) is 0 Å². The highest BCUT2D eigenvalue weighted by Crippen LogP contribution is 2.48. The third-order valence-corrected chi connectivity index (χ3v) is 4.50. The van der Waals surface area contributed by atoms with Crippen LogP contribution in [0.25, 0.3) is 0 Å². The summed E-state index contributed by atoms with van der Waals surface area (Å²) in [5.74, 6) is -1.02. The maximum Gasteiger partial charge on any atom is 0.269 e. The Bertz CT molecular complexity index is 677. The smallest absolute Gasteiger partial charge is 0.269 e. The van der Waals surface area contributed by atoms with E-state index in [0.717, 1.165) is 11.1 Å². The van der Waals surface area contributed by atoms with Crippen LogP contribution in [0.5, 0.6) is 0 Å². The van der Waals surface area contributed by atoms with Gasteiger partial charge in [0.25, 0.3) is 17.5 Å². The summed E-state index contributed by atoms with van der Waals surface area (Å²) in [6.45, 7) is 1.95. The first-order valence-electron chi connectivity index (χ1n) is 6.96. The van der Waals surface area contributed by atoms with E-state index in [1.54, 1.807) is 12.1 Å². The van der Waals surface area contributed by atoms with E-state index in [1.807, 2.05) is 13.0 Å². The number of benzene rings is 1. The molecule has 1 aliphatic heterocycles. The highest BCUT2D eigenvalue weighted by molar-refractivity contribution is 6.11. The Morgan fingerprint density at radius 2 is 1.77 bits per heavy atom. The number of rotatable bonds is 2. The van der Waals surface area contributed by atoms with Crippen molar-refractivity contribution in [3.63, 3.8) is 0 Å². The van der Waals surface area contributed by atoms with Crippen LogP contribution >= 0.6 is 0 Å². The van der Waals surface area contributed by atoms with E-state index in [9.17, 15) is 19.7 Å². The zero-order chi connectivity index (χ0) is 15.9. The first-order chi connectivity index (χ1) is 10.4. The van der Waals surface area contributed by atoms with E-state index in [0.29, 0.717) is 12.8 Å². The van der Waals surface area contributed by atoms with E-state index in [4.69, 9.17) is 0 Å². The zero-order valence-corrected chi connectivity index (χ0v) is 12.0. The summed E-state index contributed by atoms with van der Waals surface area (Å²) in [6, 6.07) is 6.06. The summed E-state index contributed by atoms with van der Waals surface area (Å²) < 4.78 is 0. The maximum atomic E-state index is 12.3. The molecule has 2 N–H and O–H groups in total. The minimum absolute atomic E-state index is 0.0128. The molecule has 1 saturated heterocycles. The van der Waals surface area contributed by atoms with Gasteiger partial charge in [0.15, 0.2) is 0 Å². The van der Waals surface area contributed by atoms with Gasteiger partial charge in [-0.2, -0.15) is 0 Å². The number of hydrazine groups is 1. The van der Waals surface area contributed by atoms with Gasteiger partial charge in [-0.1, -0.05) is 23.8 Å². The number of carbonyl (C=O) groups excluding carboxylic acids is 2. The summed E-state index contributed by atoms with van der Waals surface area (Å²) in [5.41, 5.74) is 5.47. The predicted molar refractivity (Wildman–Crippen MR) is 77.5 cm³/mol. The van der Waals surface area contributed by atoms with Gasteiger partial charge in [0.1, 0.15) is 5.41 Å². The lowest BCUT2D eigenvalue weighted by atomic mass is 9.64. The fraction of sp³-hybridized carbons (Fsp3) is 0.333. The van der Waals surface area contributed by atoms with Gasteiger partial charge in [-0.05, 0) is 25.3 Å². The molecule has 1 fully saturated rings. The molecule has 114 valence electrons. The highest BCUT2D eigenvalue weighted by Gasteiger charge is 2.56. The molecule has 1 aromatic carbocycles. The Morgan fingerprint density at radius 1 is 1.18 bits per heavy atom. The summed E-state index contributed by atoms with van der Waals surface area (Å²) >= 11 is 0. The molecule has 7 nitrogen and oxygen atoms in total. The average molecular weight is 301 g/mol. The summed E-state index contributed by atoms with van der Waals surface area (Å²) in [7, 11) is 0. The van der Waals surface area contributed by atoms with E-state index in [-0.39, 0.29) is 23.4 Å². The van der Waals surface area contributed by atoms with Crippen LogP contribution in [0.3, 0.4) is 0 Å². The Morgan fingerprint density at radius 3 is 2.32 bits per heavy atom. The maximum absolute atomic E-state index is 12.3. The van der Waals surface area contributed by atoms with E-state index in [1.165, 1.54) is 12.1 Å². The summed E-state index contributed by atoms with van der Waals surface area (Å²) in [4.78, 5) is 34.9. The second kappa shape index (κ2) is 4.94. The number of nitrogens with zero attached hydrogens (tertiary/aromatic N) is 1. The van der Waals surface area contributed by atoms with E-state index >= 15 is 0 Å². The highest BCUT2D eigenvalue weighted by atomic mass is 16.6. The van der Waals surface area contributed by atoms with Crippen LogP contribution < -0.4 is 10.9 Å². The second-order valence-corrected chi connectivity index (χ2v) is 5.74. The van der Waals surface area contributed by atoms with Crippen LogP contribution in [0.1, 0.15) is 31.2 Å². The fourth-order valence-electron chi connectivity index (χ4n) is 3.23. The number of non-ortho nitro benzene ring substituents is 1. The molecule has 3 rings (SSSR count). The molecule has 1 atom stereocenters. The van der Waals surface area contributed by atoms with Gasteiger partial charge in [-0.15, -0.1) is 0 Å². The Kier molecular flexibility index (Phi) is 3.20. The lowest BCUT2D eigenvalue weighted by Crippen LogP contribution is -2.43. The van der Waals surface area contributed by atoms with Gasteiger partial charge < -0.3 is 0 Å². The standard InChI is InChI=1S/C15H15N3O4/c1-9-6-7-15(13(19)16-17-14(15)20)12(8-9)10-2-4-11(5-3-10)18(21)22/h2-6,12H,7-8H2,1H3,(H,16,19)(H,17,20). The molecule has 2 aliphatic rings. The number of carbonyl (C=O) groups is 2. The molecular formula is C15H15N3O4. The molecule has 7 heteroatoms. The van der Waals surface area contributed by atoms with Crippen LogP contribution in [0.15, 0.2) is 35.9 Å². The third kappa shape index (κ3) is 1.97. The number of allylic oxidation sites excluding steroid dienone is 2. The molecule has 1 heterocycles. The molecule has 0 aromatic heterocycles. The van der Waals surface area contributed by atoms with E-state index in [2.05, 4.69) is 10.9 Å². The SMILES string of the molecule is CC1=CCC2(C(=O)NNC2=O)C(c2ccc([N+](=O)[O-])cc2)C1. The number of nitro groups is 1. The monoisotopic (exact) mass is 301 g/mol. The van der Waals surface area contributed by atoms with Crippen LogP contribution in [-0.4, -0.2) is 16.7 Å². The number of hydrogen-bond donors (Lipinski definition) is 2. The number of nitrogens with one attached hydrogen (secondary N) is 2. The van der Waals surface area contributed by atoms with Crippen LogP contribution in [0, 0.1) is 15.5 Å². The van der Waals surface area contributed by atoms with Crippen molar-refractivity contribution >= 4 is 17.5 Å². The second-order valence-electron chi connectivity index (χ2n) is 5.74. The van der Waals surface area contributed by atoms with E-state index < -0.39 is 10.3 Å². The van der Waals surface area contributed by atoms with Gasteiger partial charge in [-0.3, -0.25) is 30.6 Å². The Labute approximate surface area is 126 Å². The minimum Gasteiger partial charge on any atom is -0.272 e. The third-order valence-electron chi connectivity index (χ3n) is 4.50. The van der Waals surface area contributed by atoms with Gasteiger partial charge in [0, 0.05) is 18.1 Å². The zero-order valence-electron chi connectivity index (χ0n) is 12.0. The topological polar surface area (TPSA) is 101 Å². The number of hydrogen-bond acceptors (Lipinski definition) is 4. The Balaban J connectivity index is 2.05. The number of nitro benzene ring substituents is 1. The predicted octanol–water partition coefficient (Wildman–Crippen LogP) is 1.57. The molecule has 0 saturated carbocycles. The number of amides is 2. The molecule has 2 amide bonds. The lowest BCUT2D eigenvalue weighted by molar-refractivity contribution is -0.384. The molecule has 22 heavy (non-hydrogen) atoms. The van der Waals surface area contributed by atoms with Crippen molar-refractivity contribution in [3.05, 3.63) is 51.6 Å². The van der Waals surface area contributed by atoms with Crippen molar-refractivity contribution < 1.29 is 14.5 Å². The molecular weight excluding hydrogens is 286 g/mol. The van der Waals surface area contributed by atoms with Crippen molar-refractivity contribution in [1.29, 1.82) is 0 Å². The largest absolute Gasteiger partial charge is 0.272 e. The van der Waals surface area contributed by atoms with Crippen molar-refractivity contribution in [3.8, 4) is 0 Å². The normalized spacial score (nSPS) is 23.0. The lowest BCUT2D eigenvalue weighted by Gasteiger charge is -2.35. The van der Waals surface area contributed by atoms with Crippen molar-refractivity contribution in [2.75, 3.05) is 0 Å².